The van der Waals surface area contributed by atoms with Crippen molar-refractivity contribution in [2.24, 2.45) is 0 Å². The van der Waals surface area contributed by atoms with E-state index in [-0.39, 0.29) is 23.5 Å². The summed E-state index contributed by atoms with van der Waals surface area (Å²) in [5.74, 6) is -0.422. The highest BCUT2D eigenvalue weighted by Gasteiger charge is 2.23. The van der Waals surface area contributed by atoms with Gasteiger partial charge >= 0.3 is 0 Å². The van der Waals surface area contributed by atoms with Gasteiger partial charge in [0.25, 0.3) is 11.8 Å². The Bertz CT molecular complexity index is 1100. The number of carbonyl (C=O) groups is 2. The molecular formula is C24H25N5O3. The van der Waals surface area contributed by atoms with E-state index in [9.17, 15) is 9.59 Å². The predicted octanol–water partition coefficient (Wildman–Crippen LogP) is 3.23. The van der Waals surface area contributed by atoms with E-state index in [1.165, 1.54) is 6.20 Å². The third-order valence-corrected chi connectivity index (χ3v) is 5.53. The van der Waals surface area contributed by atoms with E-state index in [4.69, 9.17) is 10.5 Å². The number of nitrogens with one attached hydrogen (secondary N) is 1. The highest BCUT2D eigenvalue weighted by Crippen LogP contribution is 2.22. The highest BCUT2D eigenvalue weighted by atomic mass is 16.5. The Morgan fingerprint density at radius 2 is 1.75 bits per heavy atom. The first-order valence-corrected chi connectivity index (χ1v) is 10.5. The third-order valence-electron chi connectivity index (χ3n) is 5.53. The predicted molar refractivity (Wildman–Crippen MR) is 122 cm³/mol. The molecule has 8 heteroatoms. The molecule has 0 saturated carbocycles. The minimum Gasteiger partial charge on any atom is -0.382 e. The van der Waals surface area contributed by atoms with E-state index in [1.807, 2.05) is 25.2 Å². The van der Waals surface area contributed by atoms with Gasteiger partial charge in [-0.3, -0.25) is 9.59 Å². The normalized spacial score (nSPS) is 14.0. The second-order valence-corrected chi connectivity index (χ2v) is 7.65. The summed E-state index contributed by atoms with van der Waals surface area (Å²) >= 11 is 0. The van der Waals surface area contributed by atoms with Crippen LogP contribution in [0.25, 0.3) is 11.3 Å². The summed E-state index contributed by atoms with van der Waals surface area (Å²) < 4.78 is 5.38. The van der Waals surface area contributed by atoms with Gasteiger partial charge in [-0.2, -0.15) is 0 Å². The van der Waals surface area contributed by atoms with Crippen molar-refractivity contribution in [1.29, 1.82) is 0 Å². The number of amides is 2. The van der Waals surface area contributed by atoms with E-state index < -0.39 is 5.91 Å². The van der Waals surface area contributed by atoms with Crippen LogP contribution in [-0.2, 0) is 4.74 Å². The zero-order chi connectivity index (χ0) is 22.5. The molecule has 0 aliphatic carbocycles. The molecule has 2 heterocycles. The summed E-state index contributed by atoms with van der Waals surface area (Å²) in [6.45, 7) is 1.36. The summed E-state index contributed by atoms with van der Waals surface area (Å²) in [4.78, 5) is 35.8. The number of para-hydroxylation sites is 1. The van der Waals surface area contributed by atoms with E-state index in [0.717, 1.165) is 18.4 Å². The Morgan fingerprint density at radius 1 is 1.06 bits per heavy atom. The van der Waals surface area contributed by atoms with Gasteiger partial charge in [0.15, 0.2) is 11.5 Å². The average Bonchev–Trinajstić information content (AvgIpc) is 2.84. The van der Waals surface area contributed by atoms with Gasteiger partial charge in [-0.1, -0.05) is 30.3 Å². The van der Waals surface area contributed by atoms with Crippen LogP contribution in [0.15, 0.2) is 60.8 Å². The minimum absolute atomic E-state index is 0.0326. The average molecular weight is 431 g/mol. The van der Waals surface area contributed by atoms with Gasteiger partial charge < -0.3 is 20.7 Å². The number of benzene rings is 2. The monoisotopic (exact) mass is 431 g/mol. The van der Waals surface area contributed by atoms with Gasteiger partial charge in [-0.15, -0.1) is 0 Å². The van der Waals surface area contributed by atoms with Crippen LogP contribution >= 0.6 is 0 Å². The second-order valence-electron chi connectivity index (χ2n) is 7.65. The summed E-state index contributed by atoms with van der Waals surface area (Å²) in [5.41, 5.74) is 8.40. The van der Waals surface area contributed by atoms with Crippen LogP contribution in [0.5, 0.6) is 0 Å². The van der Waals surface area contributed by atoms with Gasteiger partial charge in [0.2, 0.25) is 0 Å². The fourth-order valence-electron chi connectivity index (χ4n) is 3.64. The molecule has 8 nitrogen and oxygen atoms in total. The number of carbonyl (C=O) groups excluding carboxylic acids is 2. The summed E-state index contributed by atoms with van der Waals surface area (Å²) in [6.07, 6.45) is 3.20. The number of aromatic nitrogens is 2. The topological polar surface area (TPSA) is 110 Å². The van der Waals surface area contributed by atoms with Crippen LogP contribution in [0.4, 0.5) is 11.5 Å². The first kappa shape index (κ1) is 21.5. The molecule has 2 amide bonds. The number of hydrogen-bond acceptors (Lipinski definition) is 6. The third kappa shape index (κ3) is 4.76. The Morgan fingerprint density at radius 3 is 2.44 bits per heavy atom. The molecule has 1 aliphatic heterocycles. The van der Waals surface area contributed by atoms with Crippen molar-refractivity contribution < 1.29 is 14.3 Å². The lowest BCUT2D eigenvalue weighted by molar-refractivity contribution is 0.0362. The van der Waals surface area contributed by atoms with Crippen LogP contribution in [0.2, 0.25) is 0 Å². The lowest BCUT2D eigenvalue weighted by atomic mass is 10.0. The van der Waals surface area contributed by atoms with E-state index in [2.05, 4.69) is 15.3 Å². The maximum absolute atomic E-state index is 12.8. The molecule has 2 aromatic carbocycles. The maximum Gasteiger partial charge on any atom is 0.278 e. The smallest absolute Gasteiger partial charge is 0.278 e. The van der Waals surface area contributed by atoms with Crippen LogP contribution in [0.1, 0.15) is 33.7 Å². The van der Waals surface area contributed by atoms with Crippen molar-refractivity contribution in [3.8, 4) is 11.3 Å². The van der Waals surface area contributed by atoms with E-state index in [0.29, 0.717) is 30.2 Å². The molecule has 1 aliphatic rings. The van der Waals surface area contributed by atoms with Gasteiger partial charge in [0, 0.05) is 43.1 Å². The molecule has 0 spiro atoms. The maximum atomic E-state index is 12.8. The van der Waals surface area contributed by atoms with Gasteiger partial charge in [0.1, 0.15) is 0 Å². The molecule has 4 rings (SSSR count). The first-order chi connectivity index (χ1) is 15.5. The molecule has 0 atom stereocenters. The Hall–Kier alpha value is -3.78. The second kappa shape index (κ2) is 9.57. The molecule has 0 radical (unpaired) electrons. The Kier molecular flexibility index (Phi) is 6.42. The SMILES string of the molecule is CN(C(=O)c1ccc(-c2cnc(N)c(C(=O)Nc3ccccc3)n2)cc1)C1CCOCC1. The van der Waals surface area contributed by atoms with Gasteiger partial charge in [-0.05, 0) is 37.1 Å². The fourth-order valence-corrected chi connectivity index (χ4v) is 3.64. The zero-order valence-corrected chi connectivity index (χ0v) is 17.8. The number of nitrogens with zero attached hydrogens (tertiary/aromatic N) is 3. The lowest BCUT2D eigenvalue weighted by Crippen LogP contribution is -2.40. The van der Waals surface area contributed by atoms with Crippen LogP contribution < -0.4 is 11.1 Å². The van der Waals surface area contributed by atoms with Gasteiger partial charge in [-0.25, -0.2) is 9.97 Å². The number of nitrogens with two attached hydrogens (primary N) is 1. The summed E-state index contributed by atoms with van der Waals surface area (Å²) in [6, 6.07) is 16.4. The number of nitrogen functional groups attached to an aromatic ring is 1. The summed E-state index contributed by atoms with van der Waals surface area (Å²) in [7, 11) is 1.83. The molecule has 1 fully saturated rings. The van der Waals surface area contributed by atoms with E-state index >= 15 is 0 Å². The van der Waals surface area contributed by atoms with Crippen molar-refractivity contribution in [3.05, 3.63) is 72.1 Å². The van der Waals surface area contributed by atoms with Crippen molar-refractivity contribution in [2.75, 3.05) is 31.3 Å². The molecular weight excluding hydrogens is 406 g/mol. The lowest BCUT2D eigenvalue weighted by Gasteiger charge is -2.31. The summed E-state index contributed by atoms with van der Waals surface area (Å²) in [5, 5.41) is 2.76. The largest absolute Gasteiger partial charge is 0.382 e. The first-order valence-electron chi connectivity index (χ1n) is 10.5. The minimum atomic E-state index is -0.437. The van der Waals surface area contributed by atoms with Crippen LogP contribution in [-0.4, -0.2) is 53.0 Å². The van der Waals surface area contributed by atoms with Gasteiger partial charge in [0.05, 0.1) is 11.9 Å². The van der Waals surface area contributed by atoms with Crippen molar-refractivity contribution in [1.82, 2.24) is 14.9 Å². The molecule has 3 N–H and O–H groups in total. The zero-order valence-electron chi connectivity index (χ0n) is 17.8. The molecule has 0 unspecified atom stereocenters. The van der Waals surface area contributed by atoms with Crippen molar-refractivity contribution in [2.45, 2.75) is 18.9 Å². The van der Waals surface area contributed by atoms with Crippen molar-refractivity contribution >= 4 is 23.3 Å². The molecule has 0 bridgehead atoms. The Labute approximate surface area is 186 Å². The molecule has 3 aromatic rings. The quantitative estimate of drug-likeness (QED) is 0.642. The molecule has 164 valence electrons. The molecule has 1 aromatic heterocycles. The molecule has 1 saturated heterocycles. The molecule has 32 heavy (non-hydrogen) atoms. The number of rotatable bonds is 5. The number of ether oxygens (including phenoxy) is 1. The standard InChI is InChI=1S/C24H25N5O3/c1-29(19-11-13-32-14-12-19)24(31)17-9-7-16(8-10-17)20-15-26-22(25)21(28-20)23(30)27-18-5-3-2-4-6-18/h2-10,15,19H,11-14H2,1H3,(H2,25,26)(H,27,30). The highest BCUT2D eigenvalue weighted by molar-refractivity contribution is 6.06. The number of hydrogen-bond donors (Lipinski definition) is 2. The fraction of sp³-hybridized carbons (Fsp3) is 0.250. The van der Waals surface area contributed by atoms with Crippen molar-refractivity contribution in [3.63, 3.8) is 0 Å². The Balaban J connectivity index is 1.51. The number of anilines is 2. The van der Waals surface area contributed by atoms with Crippen LogP contribution in [0.3, 0.4) is 0 Å². The van der Waals surface area contributed by atoms with Crippen LogP contribution in [0, 0.1) is 0 Å². The van der Waals surface area contributed by atoms with E-state index in [1.54, 1.807) is 41.3 Å².